The molecule has 4 aromatic rings. The number of anilines is 2. The lowest BCUT2D eigenvalue weighted by atomic mass is 10.3. The number of benzene rings is 3. The maximum Gasteiger partial charge on any atom is 0.419 e. The Morgan fingerprint density at radius 1 is 0.812 bits per heavy atom. The monoisotopic (exact) mass is 493 g/mol. The van der Waals surface area contributed by atoms with Crippen LogP contribution in [0.2, 0.25) is 5.02 Å². The normalized spacial score (nSPS) is 12.1. The Hall–Kier alpha value is -3.28. The van der Waals surface area contributed by atoms with E-state index in [1.165, 1.54) is 66.2 Å². The van der Waals surface area contributed by atoms with Crippen molar-refractivity contribution in [1.82, 2.24) is 4.57 Å². The molecule has 0 aliphatic heterocycles. The molecule has 1 heterocycles. The summed E-state index contributed by atoms with van der Waals surface area (Å²) in [6.45, 7) is 0. The van der Waals surface area contributed by atoms with Crippen molar-refractivity contribution in [3.63, 3.8) is 0 Å². The van der Waals surface area contributed by atoms with Crippen LogP contribution in [0, 0.1) is 0 Å². The molecule has 0 aliphatic carbocycles. The number of halogens is 1. The fourth-order valence-electron chi connectivity index (χ4n) is 2.99. The molecule has 32 heavy (non-hydrogen) atoms. The van der Waals surface area contributed by atoms with Gasteiger partial charge in [0.05, 0.1) is 26.7 Å². The number of hydrogen-bond acceptors (Lipinski definition) is 6. The number of hydrogen-bond donors (Lipinski definition) is 2. The molecule has 0 atom stereocenters. The second-order valence-corrected chi connectivity index (χ2v) is 10.6. The third-order valence-corrected chi connectivity index (χ3v) is 7.54. The number of fused-ring (bicyclic) bond motifs is 1. The van der Waals surface area contributed by atoms with E-state index in [1.807, 2.05) is 0 Å². The van der Waals surface area contributed by atoms with Crippen molar-refractivity contribution < 1.29 is 21.3 Å². The van der Waals surface area contributed by atoms with E-state index in [4.69, 9.17) is 16.0 Å². The topological polar surface area (TPSA) is 127 Å². The van der Waals surface area contributed by atoms with Crippen molar-refractivity contribution in [1.29, 1.82) is 0 Å². The number of aromatic nitrogens is 1. The quantitative estimate of drug-likeness (QED) is 0.424. The number of oxazole rings is 1. The molecule has 12 heteroatoms. The zero-order chi connectivity index (χ0) is 23.1. The molecule has 4 rings (SSSR count). The molecule has 0 spiro atoms. The molecule has 9 nitrogen and oxygen atoms in total. The van der Waals surface area contributed by atoms with Gasteiger partial charge in [-0.2, -0.15) is 0 Å². The highest BCUT2D eigenvalue weighted by molar-refractivity contribution is 7.93. The molecule has 0 bridgehead atoms. The van der Waals surface area contributed by atoms with Gasteiger partial charge in [-0.15, -0.1) is 0 Å². The van der Waals surface area contributed by atoms with Gasteiger partial charge in [0.1, 0.15) is 0 Å². The number of sulfonamides is 2. The number of nitrogens with one attached hydrogen (secondary N) is 2. The van der Waals surface area contributed by atoms with Gasteiger partial charge in [0.15, 0.2) is 5.58 Å². The Kier molecular flexibility index (Phi) is 5.49. The second kappa shape index (κ2) is 8.01. The van der Waals surface area contributed by atoms with Crippen LogP contribution in [0.15, 0.2) is 85.7 Å². The Balaban J connectivity index is 1.62. The molecule has 0 aliphatic rings. The van der Waals surface area contributed by atoms with Crippen LogP contribution in [0.25, 0.3) is 11.1 Å². The predicted octanol–water partition coefficient (Wildman–Crippen LogP) is 3.39. The van der Waals surface area contributed by atoms with Crippen LogP contribution in [0.5, 0.6) is 0 Å². The summed E-state index contributed by atoms with van der Waals surface area (Å²) < 4.78 is 62.0. The summed E-state index contributed by atoms with van der Waals surface area (Å²) in [4.78, 5) is 11.3. The first kappa shape index (κ1) is 21.9. The lowest BCUT2D eigenvalue weighted by molar-refractivity contribution is 0.527. The summed E-state index contributed by atoms with van der Waals surface area (Å²) in [6.07, 6.45) is 0. The molecular weight excluding hydrogens is 478 g/mol. The molecule has 0 amide bonds. The van der Waals surface area contributed by atoms with Gasteiger partial charge in [0.2, 0.25) is 0 Å². The van der Waals surface area contributed by atoms with E-state index in [0.717, 1.165) is 0 Å². The van der Waals surface area contributed by atoms with Crippen molar-refractivity contribution in [3.05, 3.63) is 82.3 Å². The minimum Gasteiger partial charge on any atom is -0.408 e. The molecule has 0 saturated heterocycles. The van der Waals surface area contributed by atoms with Crippen LogP contribution >= 0.6 is 11.6 Å². The van der Waals surface area contributed by atoms with Crippen molar-refractivity contribution in [2.24, 2.45) is 7.05 Å². The maximum absolute atomic E-state index is 12.8. The zero-order valence-electron chi connectivity index (χ0n) is 16.4. The van der Waals surface area contributed by atoms with Crippen molar-refractivity contribution >= 4 is 54.1 Å². The van der Waals surface area contributed by atoms with Crippen LogP contribution in [0.3, 0.4) is 0 Å². The Morgan fingerprint density at radius 3 is 2.06 bits per heavy atom. The average Bonchev–Trinajstić information content (AvgIpc) is 3.01. The van der Waals surface area contributed by atoms with Crippen LogP contribution < -0.4 is 15.2 Å². The van der Waals surface area contributed by atoms with E-state index in [9.17, 15) is 21.6 Å². The van der Waals surface area contributed by atoms with E-state index in [2.05, 4.69) is 9.44 Å². The van der Waals surface area contributed by atoms with Crippen LogP contribution in [0.4, 0.5) is 11.4 Å². The maximum atomic E-state index is 12.8. The number of aryl methyl sites for hydroxylation is 1. The smallest absolute Gasteiger partial charge is 0.408 e. The van der Waals surface area contributed by atoms with Gasteiger partial charge in [0, 0.05) is 18.1 Å². The van der Waals surface area contributed by atoms with Gasteiger partial charge in [-0.05, 0) is 48.5 Å². The van der Waals surface area contributed by atoms with Crippen molar-refractivity contribution in [2.45, 2.75) is 9.79 Å². The minimum absolute atomic E-state index is 0.0357. The summed E-state index contributed by atoms with van der Waals surface area (Å²) in [5.74, 6) is -0.618. The van der Waals surface area contributed by atoms with Gasteiger partial charge in [0.25, 0.3) is 20.0 Å². The summed E-state index contributed by atoms with van der Waals surface area (Å²) in [5.41, 5.74) is 0.853. The summed E-state index contributed by atoms with van der Waals surface area (Å²) >= 11 is 5.89. The fraction of sp³-hybridized carbons (Fsp3) is 0.0500. The van der Waals surface area contributed by atoms with E-state index >= 15 is 0 Å². The fourth-order valence-corrected chi connectivity index (χ4v) is 5.34. The van der Waals surface area contributed by atoms with Crippen LogP contribution in [0.1, 0.15) is 0 Å². The molecule has 0 fully saturated rings. The highest BCUT2D eigenvalue weighted by Crippen LogP contribution is 2.24. The molecule has 3 aromatic carbocycles. The lowest BCUT2D eigenvalue weighted by Crippen LogP contribution is -2.15. The average molecular weight is 494 g/mol. The third kappa shape index (κ3) is 4.35. The van der Waals surface area contributed by atoms with Gasteiger partial charge < -0.3 is 4.42 Å². The highest BCUT2D eigenvalue weighted by Gasteiger charge is 2.19. The molecule has 166 valence electrons. The van der Waals surface area contributed by atoms with Crippen LogP contribution in [-0.2, 0) is 27.1 Å². The Labute approximate surface area is 188 Å². The molecule has 0 unspecified atom stereocenters. The van der Waals surface area contributed by atoms with Crippen molar-refractivity contribution in [2.75, 3.05) is 9.44 Å². The number of rotatable bonds is 6. The van der Waals surface area contributed by atoms with Gasteiger partial charge in [-0.3, -0.25) is 14.0 Å². The van der Waals surface area contributed by atoms with E-state index in [-0.39, 0.29) is 26.7 Å². The third-order valence-electron chi connectivity index (χ3n) is 4.55. The van der Waals surface area contributed by atoms with Crippen LogP contribution in [-0.4, -0.2) is 21.4 Å². The van der Waals surface area contributed by atoms with E-state index in [0.29, 0.717) is 10.5 Å². The summed E-state index contributed by atoms with van der Waals surface area (Å²) in [6, 6.07) is 15.5. The van der Waals surface area contributed by atoms with E-state index in [1.54, 1.807) is 12.1 Å². The Morgan fingerprint density at radius 2 is 1.41 bits per heavy atom. The lowest BCUT2D eigenvalue weighted by Gasteiger charge is -2.11. The molecule has 0 radical (unpaired) electrons. The zero-order valence-corrected chi connectivity index (χ0v) is 18.8. The summed E-state index contributed by atoms with van der Waals surface area (Å²) in [5, 5.41) is 0.359. The second-order valence-electron chi connectivity index (χ2n) is 6.81. The minimum atomic E-state index is -4.09. The Bertz CT molecular complexity index is 1610. The first-order valence-electron chi connectivity index (χ1n) is 9.06. The van der Waals surface area contributed by atoms with Gasteiger partial charge >= 0.3 is 5.76 Å². The largest absolute Gasteiger partial charge is 0.419 e. The molecule has 2 N–H and O–H groups in total. The highest BCUT2D eigenvalue weighted by atomic mass is 35.5. The van der Waals surface area contributed by atoms with Gasteiger partial charge in [-0.1, -0.05) is 23.7 Å². The van der Waals surface area contributed by atoms with E-state index < -0.39 is 25.8 Å². The first-order chi connectivity index (χ1) is 15.0. The first-order valence-corrected chi connectivity index (χ1v) is 12.4. The molecule has 0 saturated carbocycles. The van der Waals surface area contributed by atoms with Crippen molar-refractivity contribution in [3.8, 4) is 0 Å². The SMILES string of the molecule is Cn1c(=O)oc2cc(S(=O)(=O)Nc3cccc(S(=O)(=O)Nc4cccc(Cl)c4)c3)ccc21. The number of nitrogens with zero attached hydrogens (tertiary/aromatic N) is 1. The predicted molar refractivity (Wildman–Crippen MR) is 121 cm³/mol. The molecular formula is C20H16ClN3O6S2. The molecule has 1 aromatic heterocycles. The summed E-state index contributed by atoms with van der Waals surface area (Å²) in [7, 11) is -6.58. The standard InChI is InChI=1S/C20H16ClN3O6S2/c1-24-18-9-8-17(12-19(18)30-20(24)25)32(28,29)23-15-6-3-7-16(11-15)31(26,27)22-14-5-2-4-13(21)10-14/h2-12,22-23H,1H3. The van der Waals surface area contributed by atoms with Gasteiger partial charge in [-0.25, -0.2) is 21.6 Å².